The molecule has 7 rings (SSSR count). The van der Waals surface area contributed by atoms with E-state index in [1.165, 1.54) is 0 Å². The lowest BCUT2D eigenvalue weighted by Crippen LogP contribution is -2.58. The number of aliphatic hydroxyl groups is 1. The number of benzene rings is 6. The van der Waals surface area contributed by atoms with Crippen LogP contribution in [0.15, 0.2) is 158 Å². The molecule has 1 unspecified atom stereocenters. The number of hydrogen-bond donors (Lipinski definition) is 1. The Hall–Kier alpha value is -4.66. The van der Waals surface area contributed by atoms with Gasteiger partial charge in [-0.15, -0.1) is 0 Å². The molecule has 0 aliphatic carbocycles. The lowest BCUT2D eigenvalue weighted by Gasteiger charge is -2.46. The third-order valence-electron chi connectivity index (χ3n) is 9.35. The molecule has 0 saturated carbocycles. The zero-order chi connectivity index (χ0) is 34.7. The fourth-order valence-electron chi connectivity index (χ4n) is 6.77. The quantitative estimate of drug-likeness (QED) is 0.117. The molecular weight excluding hydrogens is 636 g/mol. The first-order chi connectivity index (χ1) is 25.2. The van der Waals surface area contributed by atoms with Crippen molar-refractivity contribution in [1.82, 2.24) is 0 Å². The van der Waals surface area contributed by atoms with Crippen LogP contribution in [-0.2, 0) is 56.7 Å². The van der Waals surface area contributed by atoms with Crippen molar-refractivity contribution < 1.29 is 28.8 Å². The highest BCUT2D eigenvalue weighted by molar-refractivity contribution is 5.86. The van der Waals surface area contributed by atoms with Crippen molar-refractivity contribution in [2.45, 2.75) is 63.6 Å². The Kier molecular flexibility index (Phi) is 11.9. The van der Waals surface area contributed by atoms with Crippen LogP contribution in [0.2, 0.25) is 0 Å². The summed E-state index contributed by atoms with van der Waals surface area (Å²) in [6.45, 7) is 1.71. The Labute approximate surface area is 300 Å². The molecule has 5 atom stereocenters. The Morgan fingerprint density at radius 3 is 1.51 bits per heavy atom. The van der Waals surface area contributed by atoms with Gasteiger partial charge in [-0.3, -0.25) is 0 Å². The minimum atomic E-state index is -0.562. The topological polar surface area (TPSA) is 66.4 Å². The summed E-state index contributed by atoms with van der Waals surface area (Å²) in [5, 5.41) is 12.5. The number of hydrogen-bond acceptors (Lipinski definition) is 6. The monoisotopic (exact) mass is 680 g/mol. The summed E-state index contributed by atoms with van der Waals surface area (Å²) < 4.78 is 34.1. The van der Waals surface area contributed by atoms with E-state index in [2.05, 4.69) is 60.7 Å². The van der Waals surface area contributed by atoms with Crippen molar-refractivity contribution in [3.8, 4) is 0 Å². The van der Waals surface area contributed by atoms with Gasteiger partial charge in [-0.2, -0.15) is 0 Å². The molecule has 1 aliphatic heterocycles. The highest BCUT2D eigenvalue weighted by Gasteiger charge is 2.49. The van der Waals surface area contributed by atoms with Gasteiger partial charge in [0.15, 0.2) is 0 Å². The standard InChI is InChI=1S/C45H44O6/c46-27-39-26-38(25-37-23-13-14-24-40(37)39)42-44(49-30-35-19-9-3-10-20-35)45(50-31-36-21-11-4-12-22-36)43(48-29-34-17-7-2-8-18-34)41(51-42)32-47-28-33-15-5-1-6-16-33/h1-26,41-46H,27-32H2/t41-,42?,43-,44+,45+/m1/s1. The largest absolute Gasteiger partial charge is 0.392 e. The van der Waals surface area contributed by atoms with Crippen LogP contribution >= 0.6 is 0 Å². The highest BCUT2D eigenvalue weighted by atomic mass is 16.6. The van der Waals surface area contributed by atoms with Gasteiger partial charge in [0.2, 0.25) is 0 Å². The van der Waals surface area contributed by atoms with E-state index in [0.717, 1.165) is 44.2 Å². The molecule has 6 nitrogen and oxygen atoms in total. The van der Waals surface area contributed by atoms with Crippen LogP contribution in [0.4, 0.5) is 0 Å². The van der Waals surface area contributed by atoms with Crippen LogP contribution in [0.5, 0.6) is 0 Å². The summed E-state index contributed by atoms with van der Waals surface area (Å²) in [6.07, 6.45) is -2.67. The first kappa shape index (κ1) is 34.8. The second-order valence-corrected chi connectivity index (χ2v) is 12.9. The molecule has 260 valence electrons. The molecule has 0 spiro atoms. The molecule has 51 heavy (non-hydrogen) atoms. The van der Waals surface area contributed by atoms with E-state index >= 15 is 0 Å². The zero-order valence-electron chi connectivity index (χ0n) is 28.6. The first-order valence-electron chi connectivity index (χ1n) is 17.6. The van der Waals surface area contributed by atoms with E-state index < -0.39 is 30.5 Å². The smallest absolute Gasteiger partial charge is 0.117 e. The maximum atomic E-state index is 10.5. The Bertz CT molecular complexity index is 1920. The second-order valence-electron chi connectivity index (χ2n) is 12.9. The van der Waals surface area contributed by atoms with Crippen LogP contribution < -0.4 is 0 Å². The van der Waals surface area contributed by atoms with Crippen molar-refractivity contribution in [1.29, 1.82) is 0 Å². The van der Waals surface area contributed by atoms with E-state index in [-0.39, 0.29) is 13.2 Å². The lowest BCUT2D eigenvalue weighted by atomic mass is 9.88. The van der Waals surface area contributed by atoms with Crippen molar-refractivity contribution in [3.05, 3.63) is 191 Å². The van der Waals surface area contributed by atoms with Crippen molar-refractivity contribution >= 4 is 10.8 Å². The molecule has 1 saturated heterocycles. The van der Waals surface area contributed by atoms with Crippen LogP contribution in [0, 0.1) is 0 Å². The van der Waals surface area contributed by atoms with Crippen LogP contribution in [-0.4, -0.2) is 36.1 Å². The molecule has 6 heteroatoms. The molecule has 6 aromatic rings. The molecule has 0 aromatic heterocycles. The molecular formula is C45H44O6. The van der Waals surface area contributed by atoms with Gasteiger partial charge in [0.1, 0.15) is 30.5 Å². The fourth-order valence-corrected chi connectivity index (χ4v) is 6.77. The first-order valence-corrected chi connectivity index (χ1v) is 17.6. The van der Waals surface area contributed by atoms with Gasteiger partial charge in [-0.05, 0) is 50.2 Å². The molecule has 1 N–H and O–H groups in total. The van der Waals surface area contributed by atoms with E-state index in [1.54, 1.807) is 0 Å². The normalized spacial score (nSPS) is 20.4. The lowest BCUT2D eigenvalue weighted by molar-refractivity contribution is -0.275. The van der Waals surface area contributed by atoms with Gasteiger partial charge < -0.3 is 28.8 Å². The van der Waals surface area contributed by atoms with E-state index in [9.17, 15) is 5.11 Å². The maximum absolute atomic E-state index is 10.5. The Balaban J connectivity index is 1.28. The van der Waals surface area contributed by atoms with E-state index in [4.69, 9.17) is 23.7 Å². The highest BCUT2D eigenvalue weighted by Crippen LogP contribution is 2.40. The van der Waals surface area contributed by atoms with Gasteiger partial charge in [-0.25, -0.2) is 0 Å². The predicted octanol–water partition coefficient (Wildman–Crippen LogP) is 8.75. The minimum Gasteiger partial charge on any atom is -0.392 e. The van der Waals surface area contributed by atoms with E-state index in [0.29, 0.717) is 26.4 Å². The summed E-state index contributed by atoms with van der Waals surface area (Å²) in [7, 11) is 0. The molecule has 6 aromatic carbocycles. The van der Waals surface area contributed by atoms with Crippen molar-refractivity contribution in [2.24, 2.45) is 0 Å². The Morgan fingerprint density at radius 2 is 0.961 bits per heavy atom. The second kappa shape index (κ2) is 17.5. The number of rotatable bonds is 15. The molecule has 0 bridgehead atoms. The van der Waals surface area contributed by atoms with Gasteiger partial charge >= 0.3 is 0 Å². The fraction of sp³-hybridized carbons (Fsp3) is 0.244. The zero-order valence-corrected chi connectivity index (χ0v) is 28.6. The van der Waals surface area contributed by atoms with Crippen molar-refractivity contribution in [3.63, 3.8) is 0 Å². The number of aliphatic hydroxyl groups excluding tert-OH is 1. The van der Waals surface area contributed by atoms with Gasteiger partial charge in [-0.1, -0.05) is 152 Å². The Morgan fingerprint density at radius 1 is 0.490 bits per heavy atom. The van der Waals surface area contributed by atoms with Gasteiger partial charge in [0.25, 0.3) is 0 Å². The van der Waals surface area contributed by atoms with Crippen molar-refractivity contribution in [2.75, 3.05) is 6.61 Å². The molecule has 1 aliphatic rings. The van der Waals surface area contributed by atoms with Gasteiger partial charge in [0, 0.05) is 0 Å². The van der Waals surface area contributed by atoms with Gasteiger partial charge in [0.05, 0.1) is 39.6 Å². The van der Waals surface area contributed by atoms with Crippen LogP contribution in [0.3, 0.4) is 0 Å². The van der Waals surface area contributed by atoms with E-state index in [1.807, 2.05) is 97.1 Å². The molecule has 1 fully saturated rings. The average molecular weight is 681 g/mol. The van der Waals surface area contributed by atoms with Crippen LogP contribution in [0.25, 0.3) is 10.8 Å². The van der Waals surface area contributed by atoms with Crippen LogP contribution in [0.1, 0.15) is 39.5 Å². The summed E-state index contributed by atoms with van der Waals surface area (Å²) in [5.74, 6) is 0. The maximum Gasteiger partial charge on any atom is 0.117 e. The number of ether oxygens (including phenoxy) is 5. The number of fused-ring (bicyclic) bond motifs is 1. The molecule has 1 heterocycles. The third-order valence-corrected chi connectivity index (χ3v) is 9.35. The summed E-state index contributed by atoms with van der Waals surface area (Å²) in [6, 6.07) is 52.9. The summed E-state index contributed by atoms with van der Waals surface area (Å²) >= 11 is 0. The molecule has 0 radical (unpaired) electrons. The average Bonchev–Trinajstić information content (AvgIpc) is 3.20. The summed E-state index contributed by atoms with van der Waals surface area (Å²) in [5.41, 5.74) is 5.95. The SMILES string of the molecule is OCc1cc(C2O[C@H](COCc3ccccc3)[C@@H](OCc3ccccc3)[C@H](OCc3ccccc3)[C@H]2OCc2ccccc2)cc2ccccc12. The molecule has 0 amide bonds. The third kappa shape index (κ3) is 8.99. The minimum absolute atomic E-state index is 0.100. The predicted molar refractivity (Wildman–Crippen MR) is 199 cm³/mol. The summed E-state index contributed by atoms with van der Waals surface area (Å²) in [4.78, 5) is 0.